The highest BCUT2D eigenvalue weighted by Crippen LogP contribution is 2.21. The molecule has 2 heterocycles. The number of guanidine groups is 1. The van der Waals surface area contributed by atoms with E-state index in [1.807, 2.05) is 25.8 Å². The van der Waals surface area contributed by atoms with E-state index in [0.717, 1.165) is 44.9 Å². The molecule has 0 saturated carbocycles. The summed E-state index contributed by atoms with van der Waals surface area (Å²) in [4.78, 5) is 21.9. The number of benzene rings is 1. The van der Waals surface area contributed by atoms with Crippen LogP contribution in [0.15, 0.2) is 29.4 Å². The van der Waals surface area contributed by atoms with E-state index in [1.165, 1.54) is 22.0 Å². The predicted octanol–water partition coefficient (Wildman–Crippen LogP) is 3.45. The van der Waals surface area contributed by atoms with Crippen molar-refractivity contribution in [3.05, 3.63) is 35.5 Å². The first-order valence-corrected chi connectivity index (χ1v) is 10.3. The molecule has 0 unspecified atom stereocenters. The molecule has 1 aromatic carbocycles. The van der Waals surface area contributed by atoms with Gasteiger partial charge in [-0.3, -0.25) is 9.79 Å². The zero-order chi connectivity index (χ0) is 20.1. The van der Waals surface area contributed by atoms with E-state index in [-0.39, 0.29) is 35.8 Å². The molecule has 2 aromatic rings. The van der Waals surface area contributed by atoms with Crippen molar-refractivity contribution in [2.75, 3.05) is 26.7 Å². The molecule has 1 aliphatic rings. The highest BCUT2D eigenvalue weighted by Gasteiger charge is 2.24. The normalized spacial score (nSPS) is 15.5. The van der Waals surface area contributed by atoms with E-state index in [4.69, 9.17) is 0 Å². The molecule has 160 valence electrons. The molecule has 0 spiro atoms. The van der Waals surface area contributed by atoms with Gasteiger partial charge >= 0.3 is 0 Å². The van der Waals surface area contributed by atoms with Gasteiger partial charge in [0.1, 0.15) is 0 Å². The van der Waals surface area contributed by atoms with Crippen LogP contribution in [0.4, 0.5) is 0 Å². The Morgan fingerprint density at radius 1 is 1.31 bits per heavy atom. The molecule has 7 heteroatoms. The number of nitrogens with zero attached hydrogens (tertiary/aromatic N) is 2. The standard InChI is InChI=1S/C22H33N5O.HI/c1-15(2)21(28)27-12-9-18(10-13-27)26-22(23-4)24-11-8-17-14-25-20-16(3)6-5-7-19(17)20;/h5-7,14-15,18,25H,8-13H2,1-4H3,(H2,23,24,26);1H. The lowest BCUT2D eigenvalue weighted by Gasteiger charge is -2.34. The number of aromatic nitrogens is 1. The van der Waals surface area contributed by atoms with Crippen LogP contribution in [0.25, 0.3) is 10.9 Å². The molecular weight excluding hydrogens is 477 g/mol. The number of piperidine rings is 1. The minimum atomic E-state index is 0. The molecule has 3 N–H and O–H groups in total. The lowest BCUT2D eigenvalue weighted by Crippen LogP contribution is -2.50. The van der Waals surface area contributed by atoms with Gasteiger partial charge in [-0.25, -0.2) is 0 Å². The molecule has 0 bridgehead atoms. The van der Waals surface area contributed by atoms with Crippen LogP contribution in [-0.4, -0.2) is 54.5 Å². The van der Waals surface area contributed by atoms with E-state index >= 15 is 0 Å². The fraction of sp³-hybridized carbons (Fsp3) is 0.545. The first-order chi connectivity index (χ1) is 13.5. The summed E-state index contributed by atoms with van der Waals surface area (Å²) in [5.41, 5.74) is 3.82. The summed E-state index contributed by atoms with van der Waals surface area (Å²) < 4.78 is 0. The van der Waals surface area contributed by atoms with Gasteiger partial charge in [0.05, 0.1) is 0 Å². The molecule has 0 atom stereocenters. The Morgan fingerprint density at radius 3 is 2.69 bits per heavy atom. The number of hydrogen-bond donors (Lipinski definition) is 3. The van der Waals surface area contributed by atoms with Crippen molar-refractivity contribution < 1.29 is 4.79 Å². The largest absolute Gasteiger partial charge is 0.361 e. The number of carbonyl (C=O) groups excluding carboxylic acids is 1. The van der Waals surface area contributed by atoms with Crippen molar-refractivity contribution in [3.8, 4) is 0 Å². The van der Waals surface area contributed by atoms with Gasteiger partial charge in [0.25, 0.3) is 0 Å². The van der Waals surface area contributed by atoms with Gasteiger partial charge in [0.15, 0.2) is 5.96 Å². The van der Waals surface area contributed by atoms with Crippen LogP contribution in [0.5, 0.6) is 0 Å². The first kappa shape index (κ1) is 23.5. The summed E-state index contributed by atoms with van der Waals surface area (Å²) in [6, 6.07) is 6.78. The molecule has 3 rings (SSSR count). The minimum Gasteiger partial charge on any atom is -0.361 e. The summed E-state index contributed by atoms with van der Waals surface area (Å²) >= 11 is 0. The van der Waals surface area contributed by atoms with Crippen molar-refractivity contribution in [3.63, 3.8) is 0 Å². The summed E-state index contributed by atoms with van der Waals surface area (Å²) in [6.45, 7) is 8.53. The van der Waals surface area contributed by atoms with Gasteiger partial charge in [-0.2, -0.15) is 0 Å². The maximum Gasteiger partial charge on any atom is 0.225 e. The Kier molecular flexibility index (Phi) is 8.79. The molecule has 1 amide bonds. The quantitative estimate of drug-likeness (QED) is 0.327. The molecule has 6 nitrogen and oxygen atoms in total. The fourth-order valence-corrected chi connectivity index (χ4v) is 3.88. The van der Waals surface area contributed by atoms with Crippen molar-refractivity contribution >= 4 is 46.7 Å². The van der Waals surface area contributed by atoms with E-state index in [9.17, 15) is 4.79 Å². The number of likely N-dealkylation sites (tertiary alicyclic amines) is 1. The highest BCUT2D eigenvalue weighted by atomic mass is 127. The summed E-state index contributed by atoms with van der Waals surface area (Å²) in [5.74, 6) is 1.17. The number of aromatic amines is 1. The van der Waals surface area contributed by atoms with Gasteiger partial charge in [0.2, 0.25) is 5.91 Å². The molecule has 29 heavy (non-hydrogen) atoms. The minimum absolute atomic E-state index is 0. The summed E-state index contributed by atoms with van der Waals surface area (Å²) in [6.07, 6.45) is 4.96. The molecule has 1 saturated heterocycles. The van der Waals surface area contributed by atoms with Crippen molar-refractivity contribution in [1.82, 2.24) is 20.5 Å². The zero-order valence-corrected chi connectivity index (χ0v) is 20.2. The average molecular weight is 511 g/mol. The van der Waals surface area contributed by atoms with E-state index in [1.54, 1.807) is 0 Å². The second-order valence-corrected chi connectivity index (χ2v) is 7.96. The Morgan fingerprint density at radius 2 is 2.03 bits per heavy atom. The van der Waals surface area contributed by atoms with Crippen LogP contribution in [0.3, 0.4) is 0 Å². The number of carbonyl (C=O) groups is 1. The van der Waals surface area contributed by atoms with Crippen LogP contribution < -0.4 is 10.6 Å². The number of H-pyrrole nitrogens is 1. The average Bonchev–Trinajstić information content (AvgIpc) is 3.11. The second kappa shape index (κ2) is 10.8. The summed E-state index contributed by atoms with van der Waals surface area (Å²) in [5, 5.41) is 8.24. The van der Waals surface area contributed by atoms with Gasteiger partial charge in [-0.1, -0.05) is 32.0 Å². The Labute approximate surface area is 190 Å². The lowest BCUT2D eigenvalue weighted by atomic mass is 10.0. The molecule has 1 aromatic heterocycles. The topological polar surface area (TPSA) is 72.5 Å². The van der Waals surface area contributed by atoms with E-state index < -0.39 is 0 Å². The molecule has 0 aliphatic carbocycles. The number of rotatable bonds is 5. The molecule has 0 radical (unpaired) electrons. The maximum absolute atomic E-state index is 12.1. The first-order valence-electron chi connectivity index (χ1n) is 10.3. The highest BCUT2D eigenvalue weighted by molar-refractivity contribution is 14.0. The van der Waals surface area contributed by atoms with Gasteiger partial charge in [0, 0.05) is 55.7 Å². The van der Waals surface area contributed by atoms with Crippen molar-refractivity contribution in [2.45, 2.75) is 46.1 Å². The van der Waals surface area contributed by atoms with Crippen LogP contribution in [0.1, 0.15) is 37.8 Å². The number of aryl methyl sites for hydroxylation is 1. The van der Waals surface area contributed by atoms with Crippen molar-refractivity contribution in [1.29, 1.82) is 0 Å². The zero-order valence-electron chi connectivity index (χ0n) is 17.9. The number of fused-ring (bicyclic) bond motifs is 1. The number of nitrogens with one attached hydrogen (secondary N) is 3. The number of aliphatic imine (C=N–C) groups is 1. The number of hydrogen-bond acceptors (Lipinski definition) is 2. The summed E-state index contributed by atoms with van der Waals surface area (Å²) in [7, 11) is 1.81. The molecular formula is C22H34IN5O. The van der Waals surface area contributed by atoms with Crippen LogP contribution in [0, 0.1) is 12.8 Å². The molecule has 1 fully saturated rings. The second-order valence-electron chi connectivity index (χ2n) is 7.96. The SMILES string of the molecule is CN=C(NCCc1c[nH]c2c(C)cccc12)NC1CCN(C(=O)C(C)C)CC1.I. The smallest absolute Gasteiger partial charge is 0.225 e. The van der Waals surface area contributed by atoms with Crippen LogP contribution in [0.2, 0.25) is 0 Å². The number of para-hydroxylation sites is 1. The number of halogens is 1. The van der Waals surface area contributed by atoms with Gasteiger partial charge < -0.3 is 20.5 Å². The van der Waals surface area contributed by atoms with Gasteiger partial charge in [-0.05, 0) is 37.3 Å². The monoisotopic (exact) mass is 511 g/mol. The third-order valence-electron chi connectivity index (χ3n) is 5.56. The molecule has 1 aliphatic heterocycles. The Balaban J connectivity index is 0.00000300. The predicted molar refractivity (Wildman–Crippen MR) is 131 cm³/mol. The van der Waals surface area contributed by atoms with Crippen molar-refractivity contribution in [2.24, 2.45) is 10.9 Å². The maximum atomic E-state index is 12.1. The third kappa shape index (κ3) is 5.87. The third-order valence-corrected chi connectivity index (χ3v) is 5.56. The van der Waals surface area contributed by atoms with E-state index in [0.29, 0.717) is 6.04 Å². The number of amides is 1. The van der Waals surface area contributed by atoms with Gasteiger partial charge in [-0.15, -0.1) is 24.0 Å². The van der Waals surface area contributed by atoms with E-state index in [2.05, 4.69) is 51.9 Å². The lowest BCUT2D eigenvalue weighted by molar-refractivity contribution is -0.135. The van der Waals surface area contributed by atoms with Crippen LogP contribution >= 0.6 is 24.0 Å². The van der Waals surface area contributed by atoms with Crippen LogP contribution in [-0.2, 0) is 11.2 Å². The fourth-order valence-electron chi connectivity index (χ4n) is 3.88. The Hall–Kier alpha value is -1.77. The Bertz CT molecular complexity index is 837.